The van der Waals surface area contributed by atoms with Crippen molar-refractivity contribution in [1.82, 2.24) is 4.98 Å². The Morgan fingerprint density at radius 3 is 2.62 bits per heavy atom. The van der Waals surface area contributed by atoms with Gasteiger partial charge in [-0.1, -0.05) is 0 Å². The second-order valence-corrected chi connectivity index (χ2v) is 3.06. The van der Waals surface area contributed by atoms with Gasteiger partial charge in [-0.2, -0.15) is 5.26 Å². The second-order valence-electron chi connectivity index (χ2n) is 2.20. The number of anilines is 1. The summed E-state index contributed by atoms with van der Waals surface area (Å²) in [6, 6.07) is 2.83. The summed E-state index contributed by atoms with van der Waals surface area (Å²) in [6.07, 6.45) is -2.69. The van der Waals surface area contributed by atoms with E-state index in [1.807, 2.05) is 0 Å². The van der Waals surface area contributed by atoms with E-state index in [0.717, 1.165) is 6.07 Å². The molecule has 0 saturated heterocycles. The normalized spacial score (nSPS) is 10.1. The Kier molecular flexibility index (Phi) is 2.78. The summed E-state index contributed by atoms with van der Waals surface area (Å²) in [7, 11) is 0. The fraction of sp³-hybridized carbons (Fsp3) is 0.143. The zero-order chi connectivity index (χ0) is 10.0. The lowest BCUT2D eigenvalue weighted by atomic mass is 10.2. The average molecular weight is 248 g/mol. The highest BCUT2D eigenvalue weighted by atomic mass is 79.9. The van der Waals surface area contributed by atoms with Crippen LogP contribution in [0.4, 0.5) is 14.6 Å². The van der Waals surface area contributed by atoms with Crippen molar-refractivity contribution in [3.63, 3.8) is 0 Å². The molecule has 0 aromatic carbocycles. The summed E-state index contributed by atoms with van der Waals surface area (Å²) < 4.78 is 24.5. The molecule has 2 N–H and O–H groups in total. The molecule has 0 spiro atoms. The van der Waals surface area contributed by atoms with Crippen LogP contribution in [0.15, 0.2) is 10.5 Å². The van der Waals surface area contributed by atoms with Gasteiger partial charge in [0.1, 0.15) is 23.1 Å². The molecule has 6 heteroatoms. The molecule has 1 aromatic rings. The topological polar surface area (TPSA) is 62.7 Å². The second kappa shape index (κ2) is 3.66. The highest BCUT2D eigenvalue weighted by Crippen LogP contribution is 2.26. The van der Waals surface area contributed by atoms with Crippen LogP contribution in [-0.2, 0) is 0 Å². The summed E-state index contributed by atoms with van der Waals surface area (Å²) in [6.45, 7) is 0. The van der Waals surface area contributed by atoms with Gasteiger partial charge in [0, 0.05) is 4.47 Å². The zero-order valence-corrected chi connectivity index (χ0v) is 7.85. The van der Waals surface area contributed by atoms with Crippen LogP contribution in [0, 0.1) is 11.3 Å². The van der Waals surface area contributed by atoms with Crippen molar-refractivity contribution in [2.24, 2.45) is 0 Å². The molecule has 0 atom stereocenters. The number of pyridine rings is 1. The minimum Gasteiger partial charge on any atom is -0.383 e. The van der Waals surface area contributed by atoms with E-state index < -0.39 is 12.1 Å². The Labute approximate surface area is 81.3 Å². The number of halogens is 3. The lowest BCUT2D eigenvalue weighted by Crippen LogP contribution is -2.00. The maximum absolute atomic E-state index is 12.1. The molecular weight excluding hydrogens is 244 g/mol. The van der Waals surface area contributed by atoms with E-state index in [0.29, 0.717) is 0 Å². The van der Waals surface area contributed by atoms with Gasteiger partial charge in [0.15, 0.2) is 0 Å². The minimum absolute atomic E-state index is 0.0735. The fourth-order valence-corrected chi connectivity index (χ4v) is 1.30. The highest BCUT2D eigenvalue weighted by Gasteiger charge is 2.14. The Hall–Kier alpha value is -1.22. The molecule has 0 aliphatic heterocycles. The molecule has 0 fully saturated rings. The van der Waals surface area contributed by atoms with Gasteiger partial charge in [0.05, 0.1) is 0 Å². The molecule has 0 unspecified atom stereocenters. The number of rotatable bonds is 1. The lowest BCUT2D eigenvalue weighted by Gasteiger charge is -2.03. The van der Waals surface area contributed by atoms with Gasteiger partial charge in [-0.05, 0) is 22.0 Å². The number of hydrogen-bond acceptors (Lipinski definition) is 3. The number of nitriles is 1. The van der Waals surface area contributed by atoms with Gasteiger partial charge in [-0.3, -0.25) is 0 Å². The predicted octanol–water partition coefficient (Wildman–Crippen LogP) is 2.24. The molecule has 0 radical (unpaired) electrons. The van der Waals surface area contributed by atoms with Crippen LogP contribution in [0.3, 0.4) is 0 Å². The van der Waals surface area contributed by atoms with Crippen LogP contribution in [0.25, 0.3) is 0 Å². The molecule has 68 valence electrons. The van der Waals surface area contributed by atoms with Crippen molar-refractivity contribution in [2.45, 2.75) is 6.43 Å². The third kappa shape index (κ3) is 1.92. The third-order valence-corrected chi connectivity index (χ3v) is 1.98. The quantitative estimate of drug-likeness (QED) is 0.828. The molecule has 1 rings (SSSR count). The van der Waals surface area contributed by atoms with Crippen molar-refractivity contribution in [3.8, 4) is 6.07 Å². The predicted molar refractivity (Wildman–Crippen MR) is 46.0 cm³/mol. The molecule has 0 aliphatic carbocycles. The average Bonchev–Trinajstić information content (AvgIpc) is 2.03. The van der Waals surface area contributed by atoms with E-state index in [2.05, 4.69) is 20.9 Å². The van der Waals surface area contributed by atoms with E-state index in [1.165, 1.54) is 0 Å². The monoisotopic (exact) mass is 247 g/mol. The van der Waals surface area contributed by atoms with Crippen molar-refractivity contribution in [3.05, 3.63) is 21.8 Å². The number of aromatic nitrogens is 1. The van der Waals surface area contributed by atoms with Crippen molar-refractivity contribution in [2.75, 3.05) is 5.73 Å². The first-order valence-electron chi connectivity index (χ1n) is 3.20. The first-order chi connectivity index (χ1) is 6.06. The minimum atomic E-state index is -2.69. The number of nitrogen functional groups attached to an aromatic ring is 1. The van der Waals surface area contributed by atoms with Crippen molar-refractivity contribution in [1.29, 1.82) is 5.26 Å². The van der Waals surface area contributed by atoms with Crippen molar-refractivity contribution < 1.29 is 8.78 Å². The summed E-state index contributed by atoms with van der Waals surface area (Å²) >= 11 is 2.95. The number of alkyl halides is 2. The Morgan fingerprint density at radius 2 is 2.23 bits per heavy atom. The summed E-state index contributed by atoms with van der Waals surface area (Å²) in [4.78, 5) is 3.38. The van der Waals surface area contributed by atoms with Crippen LogP contribution >= 0.6 is 15.9 Å². The molecule has 0 saturated carbocycles. The molecular formula is C7H4BrF2N3. The molecule has 0 bridgehead atoms. The molecule has 0 aliphatic rings. The number of nitrogens with zero attached hydrogens (tertiary/aromatic N) is 2. The first kappa shape index (κ1) is 9.86. The van der Waals surface area contributed by atoms with Gasteiger partial charge >= 0.3 is 0 Å². The molecule has 1 heterocycles. The van der Waals surface area contributed by atoms with Crippen molar-refractivity contribution >= 4 is 21.7 Å². The van der Waals surface area contributed by atoms with E-state index >= 15 is 0 Å². The Morgan fingerprint density at radius 1 is 1.62 bits per heavy atom. The highest BCUT2D eigenvalue weighted by molar-refractivity contribution is 9.10. The Bertz CT molecular complexity index is 349. The van der Waals surface area contributed by atoms with Gasteiger partial charge in [0.2, 0.25) is 0 Å². The maximum atomic E-state index is 12.1. The lowest BCUT2D eigenvalue weighted by molar-refractivity contribution is 0.146. The molecule has 0 amide bonds. The standard InChI is InChI=1S/C7H4BrF2N3/c8-4-1-5(6(9)10)13-7(12)3(4)2-11/h1,6H,(H2,12,13). The smallest absolute Gasteiger partial charge is 0.280 e. The van der Waals surface area contributed by atoms with Gasteiger partial charge in [0.25, 0.3) is 6.43 Å². The maximum Gasteiger partial charge on any atom is 0.280 e. The SMILES string of the molecule is N#Cc1c(Br)cc(C(F)F)nc1N. The summed E-state index contributed by atoms with van der Waals surface area (Å²) in [5.74, 6) is -0.188. The van der Waals surface area contributed by atoms with Crippen LogP contribution in [-0.4, -0.2) is 4.98 Å². The summed E-state index contributed by atoms with van der Waals surface area (Å²) in [5, 5.41) is 8.54. The fourth-order valence-electron chi connectivity index (χ4n) is 0.774. The zero-order valence-electron chi connectivity index (χ0n) is 6.26. The van der Waals surface area contributed by atoms with E-state index in [9.17, 15) is 8.78 Å². The van der Waals surface area contributed by atoms with Crippen LogP contribution in [0.1, 0.15) is 17.7 Å². The first-order valence-corrected chi connectivity index (χ1v) is 3.99. The molecule has 1 aromatic heterocycles. The van der Waals surface area contributed by atoms with E-state index in [4.69, 9.17) is 11.0 Å². The Balaban J connectivity index is 3.30. The third-order valence-electron chi connectivity index (χ3n) is 1.35. The van der Waals surface area contributed by atoms with Crippen LogP contribution in [0.5, 0.6) is 0 Å². The van der Waals surface area contributed by atoms with E-state index in [-0.39, 0.29) is 15.9 Å². The van der Waals surface area contributed by atoms with Crippen LogP contribution < -0.4 is 5.73 Å². The van der Waals surface area contributed by atoms with E-state index in [1.54, 1.807) is 6.07 Å². The van der Waals surface area contributed by atoms with Gasteiger partial charge < -0.3 is 5.73 Å². The molecule has 3 nitrogen and oxygen atoms in total. The number of nitrogens with two attached hydrogens (primary N) is 1. The molecule has 13 heavy (non-hydrogen) atoms. The number of hydrogen-bond donors (Lipinski definition) is 1. The largest absolute Gasteiger partial charge is 0.383 e. The van der Waals surface area contributed by atoms with Crippen LogP contribution in [0.2, 0.25) is 0 Å². The van der Waals surface area contributed by atoms with Gasteiger partial charge in [-0.15, -0.1) is 0 Å². The van der Waals surface area contributed by atoms with Gasteiger partial charge in [-0.25, -0.2) is 13.8 Å². The summed E-state index contributed by atoms with van der Waals surface area (Å²) in [5.41, 5.74) is 4.91.